The molecular formula is C17H27N3O4S. The molecule has 1 saturated heterocycles. The number of piperidine rings is 1. The van der Waals surface area contributed by atoms with Crippen molar-refractivity contribution < 1.29 is 17.9 Å². The number of carbonyl (C=O) groups excluding carboxylic acids is 1. The van der Waals surface area contributed by atoms with Crippen molar-refractivity contribution in [1.82, 2.24) is 10.2 Å². The van der Waals surface area contributed by atoms with E-state index in [-0.39, 0.29) is 39.6 Å². The van der Waals surface area contributed by atoms with Gasteiger partial charge in [0.25, 0.3) is 5.91 Å². The lowest BCUT2D eigenvalue weighted by Crippen LogP contribution is -2.47. The fourth-order valence-corrected chi connectivity index (χ4v) is 4.10. The molecule has 7 nitrogen and oxygen atoms in total. The first kappa shape index (κ1) is 19.5. The van der Waals surface area contributed by atoms with Gasteiger partial charge in [0.05, 0.1) is 29.0 Å². The van der Waals surface area contributed by atoms with Crippen LogP contribution in [-0.2, 0) is 9.84 Å². The Kier molecular flexibility index (Phi) is 6.29. The van der Waals surface area contributed by atoms with Crippen LogP contribution in [0.4, 0.5) is 5.69 Å². The molecule has 140 valence electrons. The second kappa shape index (κ2) is 8.05. The average Bonchev–Trinajstić information content (AvgIpc) is 2.61. The molecule has 1 atom stereocenters. The molecule has 1 aromatic carbocycles. The van der Waals surface area contributed by atoms with Crippen molar-refractivity contribution in [2.45, 2.75) is 37.6 Å². The van der Waals surface area contributed by atoms with E-state index in [9.17, 15) is 13.2 Å². The second-order valence-corrected chi connectivity index (χ2v) is 8.45. The van der Waals surface area contributed by atoms with Crippen LogP contribution in [0.25, 0.3) is 0 Å². The molecule has 3 N–H and O–H groups in total. The number of carbonyl (C=O) groups is 1. The molecule has 1 aliphatic heterocycles. The van der Waals surface area contributed by atoms with Gasteiger partial charge in [0, 0.05) is 18.7 Å². The zero-order valence-electron chi connectivity index (χ0n) is 15.0. The number of hydrogen-bond donors (Lipinski definition) is 2. The maximum Gasteiger partial charge on any atom is 0.255 e. The van der Waals surface area contributed by atoms with Crippen LogP contribution in [0.2, 0.25) is 0 Å². The van der Waals surface area contributed by atoms with Gasteiger partial charge >= 0.3 is 0 Å². The van der Waals surface area contributed by atoms with Crippen molar-refractivity contribution in [2.75, 3.05) is 38.2 Å². The minimum absolute atomic E-state index is 0.0280. The molecule has 1 fully saturated rings. The van der Waals surface area contributed by atoms with Gasteiger partial charge in [-0.2, -0.15) is 0 Å². The van der Waals surface area contributed by atoms with E-state index < -0.39 is 9.84 Å². The molecule has 0 spiro atoms. The smallest absolute Gasteiger partial charge is 0.255 e. The summed E-state index contributed by atoms with van der Waals surface area (Å²) in [6.45, 7) is 6.40. The molecule has 1 aliphatic rings. The number of likely N-dealkylation sites (tertiary alicyclic amines) is 1. The Bertz CT molecular complexity index is 734. The number of nitrogens with zero attached hydrogens (tertiary/aromatic N) is 1. The van der Waals surface area contributed by atoms with Crippen molar-refractivity contribution >= 4 is 21.4 Å². The summed E-state index contributed by atoms with van der Waals surface area (Å²) in [7, 11) is -2.09. The molecular weight excluding hydrogens is 342 g/mol. The van der Waals surface area contributed by atoms with Crippen LogP contribution in [-0.4, -0.2) is 57.8 Å². The molecule has 0 radical (unpaired) electrons. The standard InChI is InChI=1S/C17H27N3O4S/c1-4-20-8-6-7-12(11-20)19-17(21)13-9-16(25(22,23)5-2)14(18)10-15(13)24-3/h9-10,12H,4-8,11,18H2,1-3H3,(H,19,21). The second-order valence-electron chi connectivity index (χ2n) is 6.20. The Labute approximate surface area is 149 Å². The third-order valence-electron chi connectivity index (χ3n) is 4.58. The van der Waals surface area contributed by atoms with Crippen molar-refractivity contribution in [3.63, 3.8) is 0 Å². The van der Waals surface area contributed by atoms with Gasteiger partial charge in [0.1, 0.15) is 5.75 Å². The lowest BCUT2D eigenvalue weighted by molar-refractivity contribution is 0.0902. The van der Waals surface area contributed by atoms with Crippen molar-refractivity contribution in [1.29, 1.82) is 0 Å². The van der Waals surface area contributed by atoms with Crippen molar-refractivity contribution in [3.05, 3.63) is 17.7 Å². The van der Waals surface area contributed by atoms with Crippen LogP contribution < -0.4 is 15.8 Å². The summed E-state index contributed by atoms with van der Waals surface area (Å²) >= 11 is 0. The first-order valence-electron chi connectivity index (χ1n) is 8.55. The van der Waals surface area contributed by atoms with Gasteiger partial charge < -0.3 is 20.7 Å². The van der Waals surface area contributed by atoms with Gasteiger partial charge in [-0.05, 0) is 32.0 Å². The van der Waals surface area contributed by atoms with E-state index in [0.717, 1.165) is 32.5 Å². The molecule has 0 saturated carbocycles. The number of nitrogen functional groups attached to an aromatic ring is 1. The summed E-state index contributed by atoms with van der Waals surface area (Å²) in [5.41, 5.74) is 6.13. The maximum absolute atomic E-state index is 12.7. The fourth-order valence-electron chi connectivity index (χ4n) is 3.07. The number of likely N-dealkylation sites (N-methyl/N-ethyl adjacent to an activating group) is 1. The minimum atomic E-state index is -3.52. The molecule has 0 bridgehead atoms. The quantitative estimate of drug-likeness (QED) is 0.733. The van der Waals surface area contributed by atoms with E-state index in [1.165, 1.54) is 19.2 Å². The Morgan fingerprint density at radius 3 is 2.72 bits per heavy atom. The van der Waals surface area contributed by atoms with E-state index in [1.807, 2.05) is 0 Å². The number of hydrogen-bond acceptors (Lipinski definition) is 6. The monoisotopic (exact) mass is 369 g/mol. The van der Waals surface area contributed by atoms with E-state index in [0.29, 0.717) is 0 Å². The molecule has 1 aromatic rings. The number of nitrogens with one attached hydrogen (secondary N) is 1. The fraction of sp³-hybridized carbons (Fsp3) is 0.588. The van der Waals surface area contributed by atoms with Gasteiger partial charge in [-0.25, -0.2) is 8.42 Å². The third-order valence-corrected chi connectivity index (χ3v) is 6.36. The van der Waals surface area contributed by atoms with Crippen LogP contribution in [0.5, 0.6) is 5.75 Å². The maximum atomic E-state index is 12.7. The number of sulfone groups is 1. The summed E-state index contributed by atoms with van der Waals surface area (Å²) in [6, 6.07) is 2.76. The number of methoxy groups -OCH3 is 1. The Balaban J connectivity index is 2.30. The molecule has 25 heavy (non-hydrogen) atoms. The van der Waals surface area contributed by atoms with Crippen LogP contribution in [0, 0.1) is 0 Å². The summed E-state index contributed by atoms with van der Waals surface area (Å²) in [5, 5.41) is 2.99. The van der Waals surface area contributed by atoms with Crippen LogP contribution in [0.3, 0.4) is 0 Å². The number of rotatable bonds is 6. The highest BCUT2D eigenvalue weighted by Crippen LogP contribution is 2.29. The highest BCUT2D eigenvalue weighted by Gasteiger charge is 2.25. The summed E-state index contributed by atoms with van der Waals surface area (Å²) < 4.78 is 29.7. The summed E-state index contributed by atoms with van der Waals surface area (Å²) in [6.07, 6.45) is 1.92. The predicted molar refractivity (Wildman–Crippen MR) is 97.7 cm³/mol. The van der Waals surface area contributed by atoms with E-state index in [2.05, 4.69) is 17.1 Å². The number of nitrogens with two attached hydrogens (primary N) is 1. The molecule has 0 aromatic heterocycles. The van der Waals surface area contributed by atoms with E-state index in [1.54, 1.807) is 6.92 Å². The topological polar surface area (TPSA) is 102 Å². The largest absolute Gasteiger partial charge is 0.496 e. The average molecular weight is 369 g/mol. The summed E-state index contributed by atoms with van der Waals surface area (Å²) in [4.78, 5) is 15.0. The lowest BCUT2D eigenvalue weighted by Gasteiger charge is -2.32. The number of amides is 1. The van der Waals surface area contributed by atoms with Gasteiger partial charge in [0.2, 0.25) is 0 Å². The number of ether oxygens (including phenoxy) is 1. The highest BCUT2D eigenvalue weighted by molar-refractivity contribution is 7.91. The zero-order valence-corrected chi connectivity index (χ0v) is 15.9. The molecule has 1 unspecified atom stereocenters. The zero-order chi connectivity index (χ0) is 18.6. The first-order chi connectivity index (χ1) is 11.8. The lowest BCUT2D eigenvalue weighted by atomic mass is 10.0. The first-order valence-corrected chi connectivity index (χ1v) is 10.2. The van der Waals surface area contributed by atoms with Gasteiger partial charge in [0.15, 0.2) is 9.84 Å². The molecule has 1 amide bonds. The normalized spacial score (nSPS) is 18.8. The molecule has 0 aliphatic carbocycles. The SMILES string of the molecule is CCN1CCCC(NC(=O)c2cc(S(=O)(=O)CC)c(N)cc2OC)C1. The van der Waals surface area contributed by atoms with Crippen LogP contribution in [0.15, 0.2) is 17.0 Å². The summed E-state index contributed by atoms with van der Waals surface area (Å²) in [5.74, 6) is -0.154. The molecule has 1 heterocycles. The predicted octanol–water partition coefficient (Wildman–Crippen LogP) is 1.29. The van der Waals surface area contributed by atoms with E-state index in [4.69, 9.17) is 10.5 Å². The highest BCUT2D eigenvalue weighted by atomic mass is 32.2. The van der Waals surface area contributed by atoms with Gasteiger partial charge in [-0.3, -0.25) is 4.79 Å². The van der Waals surface area contributed by atoms with Crippen LogP contribution >= 0.6 is 0 Å². The third kappa shape index (κ3) is 4.43. The van der Waals surface area contributed by atoms with Crippen molar-refractivity contribution in [2.24, 2.45) is 0 Å². The Morgan fingerprint density at radius 2 is 2.12 bits per heavy atom. The molecule has 2 rings (SSSR count). The Hall–Kier alpha value is -1.80. The number of anilines is 1. The van der Waals surface area contributed by atoms with Gasteiger partial charge in [-0.1, -0.05) is 13.8 Å². The number of benzene rings is 1. The van der Waals surface area contributed by atoms with Crippen molar-refractivity contribution in [3.8, 4) is 5.75 Å². The van der Waals surface area contributed by atoms with Crippen LogP contribution in [0.1, 0.15) is 37.0 Å². The van der Waals surface area contributed by atoms with E-state index >= 15 is 0 Å². The molecule has 8 heteroatoms. The Morgan fingerprint density at radius 1 is 1.40 bits per heavy atom. The van der Waals surface area contributed by atoms with Gasteiger partial charge in [-0.15, -0.1) is 0 Å². The minimum Gasteiger partial charge on any atom is -0.496 e.